The molecule has 6 heterocycles. The van der Waals surface area contributed by atoms with Crippen LogP contribution >= 0.6 is 0 Å². The molecule has 1 aliphatic carbocycles. The molecule has 0 aromatic heterocycles. The summed E-state index contributed by atoms with van der Waals surface area (Å²) in [6.45, 7) is -3.28. The summed E-state index contributed by atoms with van der Waals surface area (Å²) in [5, 5.41) is 305. The van der Waals surface area contributed by atoms with Crippen LogP contribution in [0.4, 0.5) is 0 Å². The van der Waals surface area contributed by atoms with E-state index < -0.39 is 358 Å². The summed E-state index contributed by atoms with van der Waals surface area (Å²) in [5.41, 5.74) is 0. The van der Waals surface area contributed by atoms with E-state index in [1.165, 1.54) is 6.92 Å². The molecule has 7 fully saturated rings. The molecule has 0 aromatic carbocycles. The SMILES string of the molecule is CC(=O)NC1C(O)[C@H](OC(O)/C(O)=C(/O)[C@@H]2CC2(O)O)C(CO)O[C@H]1OC1C(OC2C(O)[C@H](O[C@@H]3C(CO)O[C@@H](O[C@@H]4C(CO)O[C@@H](C)C(NC(C)=O)C4O)C(NC(C)=O)C3O)OC(CO[C@H]3OC(CO)[C@@H](O)C(O)C3O[C@H](O)C(NC(C)=O)C(O)[C@@H](CCO)O[C@H](O)/C(O)=C(\O)[C@@H](O)CCO)[C@H]2O)OC(CO)C(O)C1O. The molecule has 6 saturated heterocycles. The number of ether oxygens (including phenoxy) is 14. The van der Waals surface area contributed by atoms with Crippen LogP contribution in [0.5, 0.6) is 0 Å². The molecule has 0 radical (unpaired) electrons. The number of hydrogen-bond donors (Lipinski definition) is 31. The maximum Gasteiger partial charge on any atom is 0.217 e. The quantitative estimate of drug-likeness (QED) is 0.0203. The van der Waals surface area contributed by atoms with Crippen molar-refractivity contribution in [1.29, 1.82) is 0 Å². The second-order valence-electron chi connectivity index (χ2n) is 27.7. The molecular formula is C63H106N4O45. The van der Waals surface area contributed by atoms with E-state index in [0.717, 1.165) is 27.7 Å². The Morgan fingerprint density at radius 1 is 0.438 bits per heavy atom. The number of carbonyl (C=O) groups is 4. The fraction of sp³-hybridized carbons (Fsp3) is 0.873. The van der Waals surface area contributed by atoms with Crippen LogP contribution in [0, 0.1) is 5.92 Å². The molecule has 648 valence electrons. The third-order valence-electron chi connectivity index (χ3n) is 19.5. The molecule has 0 bridgehead atoms. The molecule has 23 unspecified atom stereocenters. The zero-order valence-corrected chi connectivity index (χ0v) is 60.6. The first kappa shape index (κ1) is 94.2. The van der Waals surface area contributed by atoms with E-state index in [2.05, 4.69) is 21.3 Å². The average molecular weight is 1640 g/mol. The third-order valence-corrected chi connectivity index (χ3v) is 19.5. The molecule has 31 N–H and O–H groups in total. The number of hydrogen-bond acceptors (Lipinski definition) is 45. The van der Waals surface area contributed by atoms with Crippen LogP contribution in [-0.2, 0) is 85.5 Å². The van der Waals surface area contributed by atoms with E-state index in [1.54, 1.807) is 0 Å². The molecule has 4 amide bonds. The molecule has 49 heteroatoms. The minimum atomic E-state index is -2.71. The number of aliphatic hydroxyl groups excluding tert-OH is 25. The summed E-state index contributed by atoms with van der Waals surface area (Å²) in [7, 11) is 0. The predicted molar refractivity (Wildman–Crippen MR) is 351 cm³/mol. The van der Waals surface area contributed by atoms with Gasteiger partial charge in [0.15, 0.2) is 60.8 Å². The Bertz CT molecular complexity index is 3060. The largest absolute Gasteiger partial charge is 0.508 e. The Labute approximate surface area is 635 Å². The van der Waals surface area contributed by atoms with Gasteiger partial charge in [-0.15, -0.1) is 0 Å². The Kier molecular flexibility index (Phi) is 34.9. The lowest BCUT2D eigenvalue weighted by molar-refractivity contribution is -0.396. The highest BCUT2D eigenvalue weighted by atomic mass is 16.8. The summed E-state index contributed by atoms with van der Waals surface area (Å²) in [4.78, 5) is 50.8. The molecule has 0 spiro atoms. The Morgan fingerprint density at radius 3 is 1.38 bits per heavy atom. The zero-order valence-electron chi connectivity index (χ0n) is 60.6. The predicted octanol–water partition coefficient (Wildman–Crippen LogP) is -15.9. The van der Waals surface area contributed by atoms with Gasteiger partial charge in [-0.05, 0) is 13.3 Å². The van der Waals surface area contributed by atoms with Gasteiger partial charge >= 0.3 is 0 Å². The van der Waals surface area contributed by atoms with Crippen LogP contribution < -0.4 is 21.3 Å². The van der Waals surface area contributed by atoms with Crippen LogP contribution in [0.15, 0.2) is 23.0 Å². The molecule has 7 aliphatic rings. The number of nitrogens with one attached hydrogen (secondary N) is 4. The lowest BCUT2D eigenvalue weighted by atomic mass is 9.92. The lowest BCUT2D eigenvalue weighted by Gasteiger charge is -2.51. The van der Waals surface area contributed by atoms with Gasteiger partial charge in [0.1, 0.15) is 164 Å². The van der Waals surface area contributed by atoms with Crippen LogP contribution in [0.2, 0.25) is 0 Å². The highest BCUT2D eigenvalue weighted by molar-refractivity contribution is 5.74. The van der Waals surface area contributed by atoms with Crippen molar-refractivity contribution < 1.29 is 223 Å². The van der Waals surface area contributed by atoms with Gasteiger partial charge in [-0.1, -0.05) is 0 Å². The first-order valence-electron chi connectivity index (χ1n) is 35.3. The van der Waals surface area contributed by atoms with Crippen LogP contribution in [-0.4, -0.2) is 447 Å². The molecular weight excluding hydrogens is 1530 g/mol. The molecule has 38 atom stereocenters. The van der Waals surface area contributed by atoms with Crippen molar-refractivity contribution in [2.75, 3.05) is 52.9 Å². The van der Waals surface area contributed by atoms with Crippen molar-refractivity contribution >= 4 is 23.6 Å². The van der Waals surface area contributed by atoms with E-state index in [4.69, 9.17) is 66.3 Å². The summed E-state index contributed by atoms with van der Waals surface area (Å²) in [6, 6.07) is -7.38. The van der Waals surface area contributed by atoms with Crippen LogP contribution in [0.25, 0.3) is 0 Å². The van der Waals surface area contributed by atoms with E-state index in [-0.39, 0.29) is 0 Å². The van der Waals surface area contributed by atoms with Crippen LogP contribution in [0.1, 0.15) is 53.9 Å². The van der Waals surface area contributed by atoms with Crippen molar-refractivity contribution in [3.8, 4) is 0 Å². The molecule has 0 aromatic rings. The second kappa shape index (κ2) is 41.5. The monoisotopic (exact) mass is 1640 g/mol. The number of rotatable bonds is 37. The molecule has 1 saturated carbocycles. The van der Waals surface area contributed by atoms with Gasteiger partial charge in [0, 0.05) is 53.8 Å². The van der Waals surface area contributed by atoms with Gasteiger partial charge in [0.2, 0.25) is 36.2 Å². The van der Waals surface area contributed by atoms with E-state index in [9.17, 15) is 157 Å². The molecule has 112 heavy (non-hydrogen) atoms. The zero-order chi connectivity index (χ0) is 83.6. The topological polar surface area (TPSA) is 792 Å². The highest BCUT2D eigenvalue weighted by Crippen LogP contribution is 2.46. The maximum absolute atomic E-state index is 13.0. The van der Waals surface area contributed by atoms with Gasteiger partial charge in [-0.3, -0.25) is 19.2 Å². The Balaban J connectivity index is 1.26. The average Bonchev–Trinajstić information content (AvgIpc) is 1.60. The fourth-order valence-corrected chi connectivity index (χ4v) is 13.5. The number of amides is 4. The first-order chi connectivity index (χ1) is 52.6. The van der Waals surface area contributed by atoms with E-state index in [0.29, 0.717) is 0 Å². The maximum atomic E-state index is 13.0. The first-order valence-corrected chi connectivity index (χ1v) is 35.3. The Hall–Kier alpha value is -4.92. The van der Waals surface area contributed by atoms with Gasteiger partial charge < -0.3 is 225 Å². The lowest BCUT2D eigenvalue weighted by Crippen LogP contribution is -2.70. The minimum absolute atomic E-state index is 0.511. The normalized spacial score (nSPS) is 40.7. The van der Waals surface area contributed by atoms with Crippen molar-refractivity contribution in [1.82, 2.24) is 21.3 Å². The Morgan fingerprint density at radius 2 is 0.875 bits per heavy atom. The van der Waals surface area contributed by atoms with Gasteiger partial charge in [0.05, 0.1) is 63.8 Å². The molecule has 49 nitrogen and oxygen atoms in total. The van der Waals surface area contributed by atoms with Crippen molar-refractivity contribution in [3.63, 3.8) is 0 Å². The molecule has 7 rings (SSSR count). The second-order valence-corrected chi connectivity index (χ2v) is 27.7. The van der Waals surface area contributed by atoms with Gasteiger partial charge in [-0.2, -0.15) is 0 Å². The van der Waals surface area contributed by atoms with Crippen molar-refractivity contribution in [2.24, 2.45) is 5.92 Å². The summed E-state index contributed by atoms with van der Waals surface area (Å²) in [6.07, 6.45) is -73.6. The standard InChI is InChI=1S/C63H106N4O45/c1-17-31(64-18(2)75)41(86)50(27(13-72)100-17)109-58-34(67-21(5)78)43(88)51(29(15-74)105-58)110-60-48(93)52(111-62-54(45(90)39(84)26(12-71)103-62)112-59-33(66-20(4)77)42(87)49(28(14-73)104-59)107-57(96)46(91)35(80)22-10-63(22,97)98)40(85)30(106-60)16-99-61-53(44(89)38(83)25(11-70)102-61)108-55(94)32(65-19(3)76)37(82)24(7-9-69)101-56(95)47(92)36(81)23(79)6-8-68/h17,22-34,37-45,48-62,68-74,79-98H,6-16H2,1-5H3,(H,64,75)(H,65,76)(H,66,77)(H,67,78)/b46-35-,47-36+/t17-,22-,23-,24+,25?,26?,27?,28?,29?,30?,31?,32?,33?,34?,37?,38+,39?,40+,41?,42?,43?,44?,45?,48?,49+,50+,51+,52?,53?,54?,55-,56-,57?,58-,59-,60-,61-,62?/m0/s1. The molecule has 6 aliphatic heterocycles. The summed E-state index contributed by atoms with van der Waals surface area (Å²) < 4.78 is 82.4. The minimum Gasteiger partial charge on any atom is -0.508 e. The van der Waals surface area contributed by atoms with E-state index >= 15 is 0 Å². The summed E-state index contributed by atoms with van der Waals surface area (Å²) in [5.74, 6) is -13.0. The summed E-state index contributed by atoms with van der Waals surface area (Å²) >= 11 is 0. The van der Waals surface area contributed by atoms with Crippen molar-refractivity contribution in [3.05, 3.63) is 23.0 Å². The number of aliphatic hydroxyl groups is 27. The smallest absolute Gasteiger partial charge is 0.217 e. The van der Waals surface area contributed by atoms with E-state index in [1.807, 2.05) is 0 Å². The van der Waals surface area contributed by atoms with Crippen molar-refractivity contribution in [2.45, 2.75) is 287 Å². The fourth-order valence-electron chi connectivity index (χ4n) is 13.5. The third kappa shape index (κ3) is 22.5. The van der Waals surface area contributed by atoms with Gasteiger partial charge in [0.25, 0.3) is 0 Å². The highest BCUT2D eigenvalue weighted by Gasteiger charge is 2.60. The van der Waals surface area contributed by atoms with Gasteiger partial charge in [-0.25, -0.2) is 0 Å². The number of carbonyl (C=O) groups excluding carboxylic acids is 4. The van der Waals surface area contributed by atoms with Crippen LogP contribution in [0.3, 0.4) is 0 Å².